The molecule has 0 saturated carbocycles. The number of carbonyl (C=O) groups is 1. The summed E-state index contributed by atoms with van der Waals surface area (Å²) in [5.41, 5.74) is 5.81. The molecule has 3 rings (SSSR count). The maximum absolute atomic E-state index is 12.7. The Labute approximate surface area is 150 Å². The highest BCUT2D eigenvalue weighted by Crippen LogP contribution is 2.29. The van der Waals surface area contributed by atoms with Gasteiger partial charge in [0.1, 0.15) is 0 Å². The molecule has 0 spiro atoms. The van der Waals surface area contributed by atoms with Crippen molar-refractivity contribution in [2.24, 2.45) is 5.92 Å². The largest absolute Gasteiger partial charge is 0.349 e. The second-order valence-corrected chi connectivity index (χ2v) is 7.61. The molecular weight excluding hydrogens is 310 g/mol. The van der Waals surface area contributed by atoms with Crippen molar-refractivity contribution in [2.45, 2.75) is 66.0 Å². The van der Waals surface area contributed by atoms with Crippen LogP contribution in [-0.2, 0) is 24.2 Å². The lowest BCUT2D eigenvalue weighted by atomic mass is 9.87. The van der Waals surface area contributed by atoms with E-state index in [1.165, 1.54) is 11.1 Å². The SMILES string of the molecule is Cc1nn(CC(C)C)c(C)c1CC(=O)NC1CCCc2ccccc21. The van der Waals surface area contributed by atoms with Crippen LogP contribution in [0.5, 0.6) is 0 Å². The Kier molecular flexibility index (Phi) is 5.26. The number of benzene rings is 1. The second-order valence-electron chi connectivity index (χ2n) is 7.61. The number of fused-ring (bicyclic) bond motifs is 1. The van der Waals surface area contributed by atoms with Crippen molar-refractivity contribution in [3.05, 3.63) is 52.3 Å². The van der Waals surface area contributed by atoms with Gasteiger partial charge in [-0.15, -0.1) is 0 Å². The summed E-state index contributed by atoms with van der Waals surface area (Å²) >= 11 is 0. The number of nitrogens with zero attached hydrogens (tertiary/aromatic N) is 2. The molecule has 1 atom stereocenters. The van der Waals surface area contributed by atoms with E-state index in [1.807, 2.05) is 11.6 Å². The third kappa shape index (κ3) is 3.94. The summed E-state index contributed by atoms with van der Waals surface area (Å²) in [4.78, 5) is 12.7. The zero-order valence-corrected chi connectivity index (χ0v) is 15.8. The van der Waals surface area contributed by atoms with Gasteiger partial charge in [0, 0.05) is 17.8 Å². The maximum atomic E-state index is 12.7. The van der Waals surface area contributed by atoms with E-state index in [2.05, 4.69) is 55.5 Å². The molecular formula is C21H29N3O. The Morgan fingerprint density at radius 3 is 2.84 bits per heavy atom. The molecule has 1 aliphatic carbocycles. The summed E-state index contributed by atoms with van der Waals surface area (Å²) in [6.45, 7) is 9.33. The van der Waals surface area contributed by atoms with Crippen molar-refractivity contribution in [3.8, 4) is 0 Å². The van der Waals surface area contributed by atoms with Crippen LogP contribution in [0.2, 0.25) is 0 Å². The number of aromatic nitrogens is 2. The topological polar surface area (TPSA) is 46.9 Å². The first-order valence-corrected chi connectivity index (χ1v) is 9.35. The average Bonchev–Trinajstić information content (AvgIpc) is 2.82. The summed E-state index contributed by atoms with van der Waals surface area (Å²) in [5, 5.41) is 7.87. The van der Waals surface area contributed by atoms with Crippen molar-refractivity contribution in [3.63, 3.8) is 0 Å². The van der Waals surface area contributed by atoms with Gasteiger partial charge < -0.3 is 5.32 Å². The van der Waals surface area contributed by atoms with Gasteiger partial charge in [0.25, 0.3) is 0 Å². The zero-order chi connectivity index (χ0) is 18.0. The van der Waals surface area contributed by atoms with Crippen LogP contribution in [0.4, 0.5) is 0 Å². The quantitative estimate of drug-likeness (QED) is 0.898. The molecule has 25 heavy (non-hydrogen) atoms. The van der Waals surface area contributed by atoms with Crippen LogP contribution >= 0.6 is 0 Å². The predicted molar refractivity (Wildman–Crippen MR) is 101 cm³/mol. The van der Waals surface area contributed by atoms with Crippen molar-refractivity contribution in [1.82, 2.24) is 15.1 Å². The molecule has 0 saturated heterocycles. The number of rotatable bonds is 5. The van der Waals surface area contributed by atoms with Gasteiger partial charge in [-0.05, 0) is 50.2 Å². The number of aryl methyl sites for hydroxylation is 2. The number of nitrogens with one attached hydrogen (secondary N) is 1. The van der Waals surface area contributed by atoms with Crippen LogP contribution < -0.4 is 5.32 Å². The highest BCUT2D eigenvalue weighted by Gasteiger charge is 2.22. The van der Waals surface area contributed by atoms with E-state index in [9.17, 15) is 4.79 Å². The Balaban J connectivity index is 1.71. The van der Waals surface area contributed by atoms with Crippen LogP contribution in [0, 0.1) is 19.8 Å². The Bertz CT molecular complexity index is 760. The van der Waals surface area contributed by atoms with Gasteiger partial charge in [0.15, 0.2) is 0 Å². The molecule has 1 N–H and O–H groups in total. The standard InChI is InChI=1S/C21H29N3O/c1-14(2)13-24-16(4)19(15(3)23-24)12-21(25)22-20-11-7-9-17-8-5-6-10-18(17)20/h5-6,8,10,14,20H,7,9,11-13H2,1-4H3,(H,22,25). The molecule has 1 amide bonds. The lowest BCUT2D eigenvalue weighted by Crippen LogP contribution is -2.32. The minimum atomic E-state index is 0.0944. The smallest absolute Gasteiger partial charge is 0.225 e. The first-order chi connectivity index (χ1) is 12.0. The molecule has 2 aromatic rings. The van der Waals surface area contributed by atoms with E-state index in [4.69, 9.17) is 0 Å². The number of hydrogen-bond acceptors (Lipinski definition) is 2. The fraction of sp³-hybridized carbons (Fsp3) is 0.524. The molecule has 0 bridgehead atoms. The van der Waals surface area contributed by atoms with Crippen molar-refractivity contribution in [1.29, 1.82) is 0 Å². The minimum Gasteiger partial charge on any atom is -0.349 e. The monoisotopic (exact) mass is 339 g/mol. The Morgan fingerprint density at radius 2 is 2.08 bits per heavy atom. The molecule has 0 radical (unpaired) electrons. The molecule has 1 aromatic heterocycles. The third-order valence-electron chi connectivity index (χ3n) is 5.11. The van der Waals surface area contributed by atoms with Crippen LogP contribution in [0.3, 0.4) is 0 Å². The van der Waals surface area contributed by atoms with Crippen molar-refractivity contribution in [2.75, 3.05) is 0 Å². The lowest BCUT2D eigenvalue weighted by Gasteiger charge is -2.26. The lowest BCUT2D eigenvalue weighted by molar-refractivity contribution is -0.121. The molecule has 0 aliphatic heterocycles. The fourth-order valence-corrected chi connectivity index (χ4v) is 3.82. The number of amides is 1. The van der Waals surface area contributed by atoms with Crippen LogP contribution in [-0.4, -0.2) is 15.7 Å². The molecule has 1 aromatic carbocycles. The fourth-order valence-electron chi connectivity index (χ4n) is 3.82. The van der Waals surface area contributed by atoms with Gasteiger partial charge >= 0.3 is 0 Å². The van der Waals surface area contributed by atoms with E-state index in [0.29, 0.717) is 12.3 Å². The summed E-state index contributed by atoms with van der Waals surface area (Å²) in [6.07, 6.45) is 3.68. The van der Waals surface area contributed by atoms with E-state index < -0.39 is 0 Å². The number of carbonyl (C=O) groups excluding carboxylic acids is 1. The third-order valence-corrected chi connectivity index (χ3v) is 5.11. The Morgan fingerprint density at radius 1 is 1.32 bits per heavy atom. The predicted octanol–water partition coefficient (Wildman–Crippen LogP) is 3.89. The van der Waals surface area contributed by atoms with Crippen LogP contribution in [0.1, 0.15) is 60.8 Å². The highest BCUT2D eigenvalue weighted by atomic mass is 16.1. The molecule has 1 aliphatic rings. The summed E-state index contributed by atoms with van der Waals surface area (Å²) < 4.78 is 2.04. The van der Waals surface area contributed by atoms with E-state index in [1.54, 1.807) is 0 Å². The van der Waals surface area contributed by atoms with Gasteiger partial charge in [-0.1, -0.05) is 38.1 Å². The first-order valence-electron chi connectivity index (χ1n) is 9.35. The van der Waals surface area contributed by atoms with E-state index >= 15 is 0 Å². The summed E-state index contributed by atoms with van der Waals surface area (Å²) in [5.74, 6) is 0.635. The van der Waals surface area contributed by atoms with Crippen molar-refractivity contribution >= 4 is 5.91 Å². The molecule has 4 nitrogen and oxygen atoms in total. The van der Waals surface area contributed by atoms with E-state index in [-0.39, 0.29) is 11.9 Å². The van der Waals surface area contributed by atoms with Crippen molar-refractivity contribution < 1.29 is 4.79 Å². The van der Waals surface area contributed by atoms with Gasteiger partial charge in [0.2, 0.25) is 5.91 Å². The minimum absolute atomic E-state index is 0.0944. The van der Waals surface area contributed by atoms with Gasteiger partial charge in [0.05, 0.1) is 18.2 Å². The summed E-state index contributed by atoms with van der Waals surface area (Å²) in [7, 11) is 0. The van der Waals surface area contributed by atoms with Crippen LogP contribution in [0.15, 0.2) is 24.3 Å². The number of hydrogen-bond donors (Lipinski definition) is 1. The summed E-state index contributed by atoms with van der Waals surface area (Å²) in [6, 6.07) is 8.62. The maximum Gasteiger partial charge on any atom is 0.225 e. The molecule has 1 heterocycles. The van der Waals surface area contributed by atoms with Gasteiger partial charge in [-0.2, -0.15) is 5.10 Å². The molecule has 4 heteroatoms. The second kappa shape index (κ2) is 7.42. The average molecular weight is 339 g/mol. The van der Waals surface area contributed by atoms with Gasteiger partial charge in [-0.25, -0.2) is 0 Å². The normalized spacial score (nSPS) is 16.8. The molecule has 134 valence electrons. The zero-order valence-electron chi connectivity index (χ0n) is 15.8. The first kappa shape index (κ1) is 17.7. The van der Waals surface area contributed by atoms with E-state index in [0.717, 1.165) is 42.8 Å². The Hall–Kier alpha value is -2.10. The molecule has 0 fully saturated rings. The highest BCUT2D eigenvalue weighted by molar-refractivity contribution is 5.79. The molecule has 1 unspecified atom stereocenters. The van der Waals surface area contributed by atoms with Crippen LogP contribution in [0.25, 0.3) is 0 Å². The van der Waals surface area contributed by atoms with Gasteiger partial charge in [-0.3, -0.25) is 9.48 Å².